The molecular formula is C18H15ClO5. The van der Waals surface area contributed by atoms with Gasteiger partial charge in [-0.05, 0) is 23.3 Å². The Morgan fingerprint density at radius 2 is 1.33 bits per heavy atom. The summed E-state index contributed by atoms with van der Waals surface area (Å²) in [7, 11) is 0. The summed E-state index contributed by atoms with van der Waals surface area (Å²) in [6.45, 7) is 0. The molecule has 0 spiro atoms. The zero-order valence-electron chi connectivity index (χ0n) is 12.6. The van der Waals surface area contributed by atoms with Crippen LogP contribution in [0.25, 0.3) is 11.1 Å². The average molecular weight is 347 g/mol. The van der Waals surface area contributed by atoms with Crippen LogP contribution in [-0.4, -0.2) is 27.9 Å². The van der Waals surface area contributed by atoms with Crippen molar-refractivity contribution in [1.29, 1.82) is 0 Å². The van der Waals surface area contributed by atoms with Crippen LogP contribution in [0.4, 0.5) is 0 Å². The molecule has 0 saturated heterocycles. The minimum Gasteiger partial charge on any atom is -0.481 e. The van der Waals surface area contributed by atoms with E-state index in [1.54, 1.807) is 36.4 Å². The lowest BCUT2D eigenvalue weighted by atomic mass is 9.94. The zero-order valence-corrected chi connectivity index (χ0v) is 13.4. The summed E-state index contributed by atoms with van der Waals surface area (Å²) in [6, 6.07) is 13.9. The van der Waals surface area contributed by atoms with E-state index in [9.17, 15) is 14.4 Å². The van der Waals surface area contributed by atoms with Gasteiger partial charge in [-0.2, -0.15) is 0 Å². The highest BCUT2D eigenvalue weighted by atomic mass is 35.5. The molecule has 0 heterocycles. The monoisotopic (exact) mass is 346 g/mol. The average Bonchev–Trinajstić information content (AvgIpc) is 2.54. The van der Waals surface area contributed by atoms with Crippen LogP contribution in [0.5, 0.6) is 0 Å². The standard InChI is InChI=1S/C18H15ClO5/c19-15-7-5-12(6-8-15)11-1-3-13(4-2-11)16(20)9-14(18(23)24)10-17(21)22/h1-8,14H,9-10H2,(H,21,22)(H,23,24). The van der Waals surface area contributed by atoms with E-state index in [1.807, 2.05) is 12.1 Å². The number of aliphatic carboxylic acids is 2. The van der Waals surface area contributed by atoms with E-state index in [1.165, 1.54) is 0 Å². The van der Waals surface area contributed by atoms with Crippen LogP contribution in [0.15, 0.2) is 48.5 Å². The molecule has 0 amide bonds. The maximum Gasteiger partial charge on any atom is 0.307 e. The Hall–Kier alpha value is -2.66. The quantitative estimate of drug-likeness (QED) is 0.745. The largest absolute Gasteiger partial charge is 0.481 e. The normalized spacial score (nSPS) is 11.7. The van der Waals surface area contributed by atoms with Crippen molar-refractivity contribution in [2.45, 2.75) is 12.8 Å². The molecule has 1 unspecified atom stereocenters. The molecule has 2 aromatic carbocycles. The minimum atomic E-state index is -1.29. The fourth-order valence-electron chi connectivity index (χ4n) is 2.29. The summed E-state index contributed by atoms with van der Waals surface area (Å²) in [5.74, 6) is -4.16. The third-order valence-corrected chi connectivity index (χ3v) is 3.84. The number of ketones is 1. The Morgan fingerprint density at radius 3 is 1.79 bits per heavy atom. The fourth-order valence-corrected chi connectivity index (χ4v) is 2.42. The van der Waals surface area contributed by atoms with E-state index in [0.717, 1.165) is 11.1 Å². The molecule has 24 heavy (non-hydrogen) atoms. The van der Waals surface area contributed by atoms with Crippen LogP contribution in [0.3, 0.4) is 0 Å². The molecule has 0 radical (unpaired) electrons. The molecule has 0 aliphatic carbocycles. The van der Waals surface area contributed by atoms with Crippen LogP contribution in [0.1, 0.15) is 23.2 Å². The number of benzene rings is 2. The maximum absolute atomic E-state index is 12.2. The molecular weight excluding hydrogens is 332 g/mol. The van der Waals surface area contributed by atoms with Crippen LogP contribution in [0.2, 0.25) is 5.02 Å². The minimum absolute atomic E-state index is 0.345. The number of halogens is 1. The van der Waals surface area contributed by atoms with Crippen molar-refractivity contribution in [2.75, 3.05) is 0 Å². The molecule has 0 fully saturated rings. The van der Waals surface area contributed by atoms with Gasteiger partial charge in [0.25, 0.3) is 0 Å². The fraction of sp³-hybridized carbons (Fsp3) is 0.167. The summed E-state index contributed by atoms with van der Waals surface area (Å²) in [4.78, 5) is 33.9. The van der Waals surface area contributed by atoms with Gasteiger partial charge in [-0.1, -0.05) is 48.0 Å². The molecule has 0 aliphatic heterocycles. The van der Waals surface area contributed by atoms with Gasteiger partial charge >= 0.3 is 11.9 Å². The summed E-state index contributed by atoms with van der Waals surface area (Å²) in [5, 5.41) is 18.3. The Bertz CT molecular complexity index is 750. The Labute approximate surface area is 143 Å². The predicted octanol–water partition coefficient (Wildman–Crippen LogP) is 3.76. The first-order chi connectivity index (χ1) is 11.4. The number of hydrogen-bond acceptors (Lipinski definition) is 3. The summed E-state index contributed by atoms with van der Waals surface area (Å²) >= 11 is 5.84. The zero-order chi connectivity index (χ0) is 17.7. The van der Waals surface area contributed by atoms with Gasteiger partial charge in [-0.25, -0.2) is 0 Å². The number of carbonyl (C=O) groups excluding carboxylic acids is 1. The maximum atomic E-state index is 12.2. The van der Waals surface area contributed by atoms with Crippen LogP contribution in [0, 0.1) is 5.92 Å². The van der Waals surface area contributed by atoms with Gasteiger partial charge in [0.05, 0.1) is 12.3 Å². The molecule has 0 aromatic heterocycles. The van der Waals surface area contributed by atoms with Crippen LogP contribution in [-0.2, 0) is 9.59 Å². The summed E-state index contributed by atoms with van der Waals surface area (Å²) < 4.78 is 0. The van der Waals surface area contributed by atoms with Gasteiger partial charge < -0.3 is 10.2 Å². The van der Waals surface area contributed by atoms with Crippen LogP contribution < -0.4 is 0 Å². The Morgan fingerprint density at radius 1 is 0.833 bits per heavy atom. The number of Topliss-reactive ketones (excluding diaryl/α,β-unsaturated/α-hetero) is 1. The highest BCUT2D eigenvalue weighted by molar-refractivity contribution is 6.30. The van der Waals surface area contributed by atoms with E-state index in [-0.39, 0.29) is 6.42 Å². The Balaban J connectivity index is 2.11. The van der Waals surface area contributed by atoms with Crippen molar-refractivity contribution in [3.05, 3.63) is 59.1 Å². The van der Waals surface area contributed by atoms with Gasteiger partial charge in [-0.15, -0.1) is 0 Å². The van der Waals surface area contributed by atoms with Crippen molar-refractivity contribution in [2.24, 2.45) is 5.92 Å². The van der Waals surface area contributed by atoms with Crippen molar-refractivity contribution < 1.29 is 24.6 Å². The molecule has 1 atom stereocenters. The second-order valence-electron chi connectivity index (χ2n) is 5.34. The van der Waals surface area contributed by atoms with E-state index >= 15 is 0 Å². The van der Waals surface area contributed by atoms with Gasteiger partial charge in [0.2, 0.25) is 0 Å². The molecule has 0 aliphatic rings. The first-order valence-electron chi connectivity index (χ1n) is 7.20. The molecule has 124 valence electrons. The highest BCUT2D eigenvalue weighted by Gasteiger charge is 2.24. The molecule has 2 rings (SSSR count). The molecule has 5 nitrogen and oxygen atoms in total. The van der Waals surface area contributed by atoms with Crippen LogP contribution >= 0.6 is 11.6 Å². The topological polar surface area (TPSA) is 91.7 Å². The first-order valence-corrected chi connectivity index (χ1v) is 7.58. The lowest BCUT2D eigenvalue weighted by Gasteiger charge is -2.09. The van der Waals surface area contributed by atoms with E-state index in [4.69, 9.17) is 21.8 Å². The Kier molecular flexibility index (Phi) is 5.71. The van der Waals surface area contributed by atoms with Gasteiger partial charge in [-0.3, -0.25) is 14.4 Å². The second-order valence-corrected chi connectivity index (χ2v) is 5.78. The third-order valence-electron chi connectivity index (χ3n) is 3.59. The van der Waals surface area contributed by atoms with Crippen molar-refractivity contribution in [1.82, 2.24) is 0 Å². The SMILES string of the molecule is O=C(O)CC(CC(=O)c1ccc(-c2ccc(Cl)cc2)cc1)C(=O)O. The number of rotatable bonds is 7. The van der Waals surface area contributed by atoms with E-state index in [0.29, 0.717) is 10.6 Å². The van der Waals surface area contributed by atoms with E-state index in [2.05, 4.69) is 0 Å². The number of carboxylic acid groups (broad SMARTS) is 2. The van der Waals surface area contributed by atoms with Gasteiger partial charge in [0, 0.05) is 17.0 Å². The molecule has 2 N–H and O–H groups in total. The van der Waals surface area contributed by atoms with Gasteiger partial charge in [0.15, 0.2) is 5.78 Å². The lowest BCUT2D eigenvalue weighted by Crippen LogP contribution is -2.21. The second kappa shape index (κ2) is 7.75. The third kappa shape index (κ3) is 4.67. The highest BCUT2D eigenvalue weighted by Crippen LogP contribution is 2.23. The van der Waals surface area contributed by atoms with Crippen molar-refractivity contribution >= 4 is 29.3 Å². The first kappa shape index (κ1) is 17.7. The molecule has 2 aromatic rings. The predicted molar refractivity (Wildman–Crippen MR) is 89.2 cm³/mol. The smallest absolute Gasteiger partial charge is 0.307 e. The molecule has 0 saturated carbocycles. The molecule has 6 heteroatoms. The summed E-state index contributed by atoms with van der Waals surface area (Å²) in [5.41, 5.74) is 2.18. The van der Waals surface area contributed by atoms with Crippen molar-refractivity contribution in [3.8, 4) is 11.1 Å². The number of hydrogen-bond donors (Lipinski definition) is 2. The molecule has 0 bridgehead atoms. The number of carboxylic acids is 2. The number of carbonyl (C=O) groups is 3. The van der Waals surface area contributed by atoms with Crippen molar-refractivity contribution in [3.63, 3.8) is 0 Å². The van der Waals surface area contributed by atoms with E-state index < -0.39 is 30.1 Å². The summed E-state index contributed by atoms with van der Waals surface area (Å²) in [6.07, 6.45) is -0.925. The lowest BCUT2D eigenvalue weighted by molar-refractivity contribution is -0.148. The van der Waals surface area contributed by atoms with Gasteiger partial charge in [0.1, 0.15) is 0 Å².